The van der Waals surface area contributed by atoms with Gasteiger partial charge < -0.3 is 9.79 Å². The van der Waals surface area contributed by atoms with Crippen molar-refractivity contribution in [3.63, 3.8) is 0 Å². The predicted molar refractivity (Wildman–Crippen MR) is 17.4 cm³/mol. The fraction of sp³-hybridized carbons (Fsp3) is 0. The Kier molecular flexibility index (Phi) is 6.69. The van der Waals surface area contributed by atoms with Crippen LogP contribution >= 0.6 is 7.60 Å². The summed E-state index contributed by atoms with van der Waals surface area (Å²) in [6.45, 7) is 2.44. The fourth-order valence-electron chi connectivity index (χ4n) is 0. The molecule has 0 bridgehead atoms. The molecule has 3 nitrogen and oxygen atoms in total. The van der Waals surface area contributed by atoms with Gasteiger partial charge in [-0.1, -0.05) is 0 Å². The van der Waals surface area contributed by atoms with Crippen molar-refractivity contribution < 1.29 is 65.7 Å². The molecule has 6 heavy (non-hydrogen) atoms. The molecule has 0 rings (SSSR count). The molecule has 0 fully saturated rings. The first kappa shape index (κ1) is 10.7. The Morgan fingerprint density at radius 3 is 1.50 bits per heavy atom. The minimum Gasteiger partial charge on any atom is -0.347 e. The molecule has 0 aliphatic heterocycles. The summed E-state index contributed by atoms with van der Waals surface area (Å²) in [7, 11) is -3.89. The Morgan fingerprint density at radius 2 is 1.50 bits per heavy atom. The summed E-state index contributed by atoms with van der Waals surface area (Å²) >= 11 is 0. The van der Waals surface area contributed by atoms with Gasteiger partial charge in [0.25, 0.3) is 0 Å². The molecule has 0 amide bonds. The smallest absolute Gasteiger partial charge is 0.347 e. The van der Waals surface area contributed by atoms with Crippen LogP contribution in [0.4, 0.5) is 0 Å². The zero-order valence-electron chi connectivity index (χ0n) is 3.46. The van der Waals surface area contributed by atoms with Gasteiger partial charge in [0.1, 0.15) is 0 Å². The van der Waals surface area contributed by atoms with Gasteiger partial charge in [0.05, 0.1) is 0 Å². The van der Waals surface area contributed by atoms with Crippen molar-refractivity contribution in [3.8, 4) is 0 Å². The van der Waals surface area contributed by atoms with Gasteiger partial charge in [0, 0.05) is 0 Å². The summed E-state index contributed by atoms with van der Waals surface area (Å²) < 4.78 is 9.22. The van der Waals surface area contributed by atoms with E-state index in [-0.39, 0.29) is 51.4 Å². The average Bonchev–Trinajstić information content (AvgIpc) is 0.722. The van der Waals surface area contributed by atoms with Crippen molar-refractivity contribution in [2.75, 3.05) is 0 Å². The molecule has 0 aliphatic carbocycles. The zero-order valence-corrected chi connectivity index (χ0v) is 7.47. The summed E-state index contributed by atoms with van der Waals surface area (Å²) in [5, 5.41) is 0. The monoisotopic (exact) mass is 134 g/mol. The molecule has 0 atom stereocenters. The van der Waals surface area contributed by atoms with Crippen molar-refractivity contribution in [2.45, 2.75) is 0 Å². The molecule has 0 heterocycles. The van der Waals surface area contributed by atoms with Crippen LogP contribution in [0.2, 0.25) is 0 Å². The second-order valence-corrected chi connectivity index (χ2v) is 1.99. The predicted octanol–water partition coefficient (Wildman–Crippen LogP) is -3.04. The molecular weight excluding hydrogens is 130 g/mol. The van der Waals surface area contributed by atoms with E-state index in [9.17, 15) is 4.57 Å². The minimum absolute atomic E-state index is 0. The quantitative estimate of drug-likeness (QED) is 0.210. The van der Waals surface area contributed by atoms with E-state index in [2.05, 4.69) is 6.66 Å². The van der Waals surface area contributed by atoms with Gasteiger partial charge in [0.2, 0.25) is 0 Å². The summed E-state index contributed by atoms with van der Waals surface area (Å²) in [5.41, 5.74) is 0. The number of hydrogen-bond donors (Lipinski definition) is 2. The molecule has 0 aromatic carbocycles. The minimum atomic E-state index is -3.89. The van der Waals surface area contributed by atoms with Crippen LogP contribution in [0.15, 0.2) is 0 Å². The van der Waals surface area contributed by atoms with Crippen LogP contribution in [0.3, 0.4) is 0 Å². The van der Waals surface area contributed by atoms with E-state index < -0.39 is 7.60 Å². The van der Waals surface area contributed by atoms with Crippen molar-refractivity contribution >= 4 is 7.60 Å². The first-order valence-electron chi connectivity index (χ1n) is 0.899. The molecule has 0 aliphatic rings. The SMILES string of the molecule is [CH2-]P(=O)(O)O.[K+]. The van der Waals surface area contributed by atoms with Crippen molar-refractivity contribution in [2.24, 2.45) is 0 Å². The van der Waals surface area contributed by atoms with E-state index in [1.807, 2.05) is 0 Å². The van der Waals surface area contributed by atoms with E-state index in [0.717, 1.165) is 0 Å². The molecule has 0 aromatic heterocycles. The first-order chi connectivity index (χ1) is 2.00. The molecular formula is CH4KO3P. The summed E-state index contributed by atoms with van der Waals surface area (Å²) in [5.74, 6) is 0. The summed E-state index contributed by atoms with van der Waals surface area (Å²) in [4.78, 5) is 15.0. The van der Waals surface area contributed by atoms with E-state index in [0.29, 0.717) is 0 Å². The van der Waals surface area contributed by atoms with E-state index in [4.69, 9.17) is 9.79 Å². The van der Waals surface area contributed by atoms with E-state index in [1.54, 1.807) is 0 Å². The molecule has 0 aromatic rings. The van der Waals surface area contributed by atoms with Crippen molar-refractivity contribution in [3.05, 3.63) is 6.66 Å². The van der Waals surface area contributed by atoms with Crippen LogP contribution in [-0.2, 0) is 4.57 Å². The molecule has 0 radical (unpaired) electrons. The fourth-order valence-corrected chi connectivity index (χ4v) is 0. The van der Waals surface area contributed by atoms with Gasteiger partial charge >= 0.3 is 51.4 Å². The second-order valence-electron chi connectivity index (χ2n) is 0.665. The van der Waals surface area contributed by atoms with Crippen LogP contribution in [0.25, 0.3) is 0 Å². The standard InChI is InChI=1S/CH4O3P.K/c1-5(2,3)4;/h1H2,(H2,2,3,4);/q-1;+1. The largest absolute Gasteiger partial charge is 1.00 e. The molecule has 2 N–H and O–H groups in total. The number of rotatable bonds is 0. The Balaban J connectivity index is 0. The van der Waals surface area contributed by atoms with Gasteiger partial charge in [-0.05, 0) is 0 Å². The number of hydrogen-bond acceptors (Lipinski definition) is 1. The van der Waals surface area contributed by atoms with Crippen LogP contribution < -0.4 is 51.4 Å². The van der Waals surface area contributed by atoms with Gasteiger partial charge in [-0.3, -0.25) is 4.57 Å². The summed E-state index contributed by atoms with van der Waals surface area (Å²) in [6.07, 6.45) is 0. The van der Waals surface area contributed by atoms with Crippen molar-refractivity contribution in [1.29, 1.82) is 0 Å². The Bertz CT molecular complexity index is 56.9. The van der Waals surface area contributed by atoms with Crippen LogP contribution in [-0.4, -0.2) is 9.79 Å². The van der Waals surface area contributed by atoms with Gasteiger partial charge in [-0.15, -0.1) is 0 Å². The average molecular weight is 134 g/mol. The van der Waals surface area contributed by atoms with Crippen LogP contribution in [0.1, 0.15) is 0 Å². The second kappa shape index (κ2) is 3.75. The Hall–Kier alpha value is 1.79. The third-order valence-electron chi connectivity index (χ3n) is 0. The maximum absolute atomic E-state index is 9.22. The van der Waals surface area contributed by atoms with Gasteiger partial charge in [-0.25, -0.2) is 6.66 Å². The molecule has 0 saturated heterocycles. The third-order valence-corrected chi connectivity index (χ3v) is 0. The molecule has 5 heteroatoms. The first-order valence-corrected chi connectivity index (χ1v) is 2.70. The molecule has 0 unspecified atom stereocenters. The van der Waals surface area contributed by atoms with Gasteiger partial charge in [0.15, 0.2) is 7.60 Å². The summed E-state index contributed by atoms with van der Waals surface area (Å²) in [6, 6.07) is 0. The van der Waals surface area contributed by atoms with Gasteiger partial charge in [-0.2, -0.15) is 0 Å². The normalized spacial score (nSPS) is 9.83. The van der Waals surface area contributed by atoms with Crippen LogP contribution in [0, 0.1) is 6.66 Å². The third kappa shape index (κ3) is 41.5. The maximum Gasteiger partial charge on any atom is 1.00 e. The Labute approximate surface area is 78.7 Å². The van der Waals surface area contributed by atoms with E-state index in [1.165, 1.54) is 0 Å². The Morgan fingerprint density at radius 1 is 1.50 bits per heavy atom. The van der Waals surface area contributed by atoms with E-state index >= 15 is 0 Å². The zero-order chi connectivity index (χ0) is 4.50. The molecule has 0 saturated carbocycles. The van der Waals surface area contributed by atoms with Crippen molar-refractivity contribution in [1.82, 2.24) is 0 Å². The molecule has 32 valence electrons. The molecule has 0 spiro atoms. The topological polar surface area (TPSA) is 57.5 Å². The maximum atomic E-state index is 9.22. The van der Waals surface area contributed by atoms with Crippen LogP contribution in [0.5, 0.6) is 0 Å².